The number of hydrogen-bond donors (Lipinski definition) is 5. The van der Waals surface area contributed by atoms with E-state index < -0.39 is 46.1 Å². The number of allylic oxidation sites excluding steroid dienone is 1. The SMILES string of the molecule is C[C@@H]1C/C=C/[C@H](O)C/C=C/C(=N/OCC(=O)N2CCCCC2)Cc2cc(OCP(=O)(O)O)cc(OCP(=O)(O)O)c2C(=O)O1. The minimum atomic E-state index is -4.73. The maximum atomic E-state index is 13.4. The molecule has 1 amide bonds. The number of ether oxygens (including phenoxy) is 3. The van der Waals surface area contributed by atoms with Gasteiger partial charge in [-0.2, -0.15) is 0 Å². The minimum Gasteiger partial charge on any atom is -0.481 e. The number of rotatable bonds is 9. The summed E-state index contributed by atoms with van der Waals surface area (Å²) in [7, 11) is -9.37. The minimum absolute atomic E-state index is 0.0913. The summed E-state index contributed by atoms with van der Waals surface area (Å²) >= 11 is 0. The fourth-order valence-corrected chi connectivity index (χ4v) is 5.01. The third-order valence-corrected chi connectivity index (χ3v) is 7.35. The van der Waals surface area contributed by atoms with Crippen LogP contribution in [0.5, 0.6) is 11.5 Å². The Labute approximate surface area is 254 Å². The molecule has 0 radical (unpaired) electrons. The molecule has 0 saturated carbocycles. The first-order chi connectivity index (χ1) is 20.7. The molecule has 44 heavy (non-hydrogen) atoms. The van der Waals surface area contributed by atoms with Gasteiger partial charge in [-0.1, -0.05) is 23.4 Å². The quantitative estimate of drug-likeness (QED) is 0.111. The summed E-state index contributed by atoms with van der Waals surface area (Å²) in [6.07, 6.45) is 5.65. The first-order valence-electron chi connectivity index (χ1n) is 13.9. The van der Waals surface area contributed by atoms with Crippen LogP contribution < -0.4 is 9.47 Å². The average molecular weight is 661 g/mol. The number of oxime groups is 1. The molecule has 15 nitrogen and oxygen atoms in total. The second-order valence-electron chi connectivity index (χ2n) is 10.4. The summed E-state index contributed by atoms with van der Waals surface area (Å²) in [5.41, 5.74) is 0.0221. The van der Waals surface area contributed by atoms with E-state index in [-0.39, 0.29) is 60.1 Å². The van der Waals surface area contributed by atoms with Crippen molar-refractivity contribution in [1.82, 2.24) is 4.90 Å². The molecule has 1 fully saturated rings. The largest absolute Gasteiger partial charge is 0.481 e. The number of cyclic esters (lactones) is 1. The summed E-state index contributed by atoms with van der Waals surface area (Å²) in [6.45, 7) is 2.49. The van der Waals surface area contributed by atoms with Crippen molar-refractivity contribution in [2.24, 2.45) is 5.16 Å². The first kappa shape index (κ1) is 35.4. The lowest BCUT2D eigenvalue weighted by atomic mass is 9.99. The normalized spacial score (nSPS) is 22.7. The van der Waals surface area contributed by atoms with Crippen LogP contribution in [0.3, 0.4) is 0 Å². The van der Waals surface area contributed by atoms with Crippen molar-refractivity contribution in [2.75, 3.05) is 32.4 Å². The Hall–Kier alpha value is -3.03. The molecule has 17 heteroatoms. The van der Waals surface area contributed by atoms with E-state index in [1.54, 1.807) is 24.0 Å². The number of aliphatic hydroxyl groups is 1. The number of benzene rings is 1. The highest BCUT2D eigenvalue weighted by molar-refractivity contribution is 7.51. The van der Waals surface area contributed by atoms with Crippen LogP contribution in [0.25, 0.3) is 0 Å². The Morgan fingerprint density at radius 2 is 1.70 bits per heavy atom. The average Bonchev–Trinajstić information content (AvgIpc) is 2.93. The number of carbonyl (C=O) groups is 2. The molecule has 1 aromatic carbocycles. The Balaban J connectivity index is 2.05. The number of piperidine rings is 1. The molecule has 0 aromatic heterocycles. The highest BCUT2D eigenvalue weighted by Gasteiger charge is 2.27. The second-order valence-corrected chi connectivity index (χ2v) is 13.6. The third-order valence-electron chi connectivity index (χ3n) is 6.42. The van der Waals surface area contributed by atoms with Crippen LogP contribution in [0, 0.1) is 0 Å². The van der Waals surface area contributed by atoms with Crippen LogP contribution in [-0.2, 0) is 29.9 Å². The van der Waals surface area contributed by atoms with Crippen molar-refractivity contribution >= 4 is 32.8 Å². The zero-order valence-corrected chi connectivity index (χ0v) is 26.0. The van der Waals surface area contributed by atoms with Crippen molar-refractivity contribution in [2.45, 2.75) is 57.7 Å². The Morgan fingerprint density at radius 3 is 2.39 bits per heavy atom. The van der Waals surface area contributed by atoms with E-state index in [0.29, 0.717) is 13.1 Å². The Bertz CT molecular complexity index is 1350. The number of hydrogen-bond acceptors (Lipinski definition) is 10. The van der Waals surface area contributed by atoms with Gasteiger partial charge in [0.25, 0.3) is 5.91 Å². The van der Waals surface area contributed by atoms with E-state index in [0.717, 1.165) is 25.3 Å². The van der Waals surface area contributed by atoms with Gasteiger partial charge < -0.3 is 48.6 Å². The van der Waals surface area contributed by atoms with Crippen LogP contribution in [0.2, 0.25) is 0 Å². The van der Waals surface area contributed by atoms with Gasteiger partial charge in [-0.3, -0.25) is 13.9 Å². The van der Waals surface area contributed by atoms with Crippen LogP contribution >= 0.6 is 15.2 Å². The molecule has 2 aliphatic heterocycles. The van der Waals surface area contributed by atoms with Crippen LogP contribution in [-0.4, -0.2) is 91.8 Å². The van der Waals surface area contributed by atoms with Gasteiger partial charge in [0, 0.05) is 32.0 Å². The topological polar surface area (TPSA) is 222 Å². The van der Waals surface area contributed by atoms with E-state index >= 15 is 0 Å². The van der Waals surface area contributed by atoms with Gasteiger partial charge in [0.15, 0.2) is 19.3 Å². The van der Waals surface area contributed by atoms with Gasteiger partial charge in [-0.25, -0.2) is 4.79 Å². The van der Waals surface area contributed by atoms with Crippen molar-refractivity contribution in [3.63, 3.8) is 0 Å². The molecule has 2 atom stereocenters. The third kappa shape index (κ3) is 12.5. The molecular formula is C27H38N2O13P2. The lowest BCUT2D eigenvalue weighted by molar-refractivity contribution is -0.137. The molecule has 1 saturated heterocycles. The maximum absolute atomic E-state index is 13.4. The highest BCUT2D eigenvalue weighted by atomic mass is 31.2. The fourth-order valence-electron chi connectivity index (χ4n) is 4.39. The molecule has 0 spiro atoms. The predicted octanol–water partition coefficient (Wildman–Crippen LogP) is 2.45. The fraction of sp³-hybridized carbons (Fsp3) is 0.519. The number of amides is 1. The maximum Gasteiger partial charge on any atom is 0.362 e. The molecule has 2 heterocycles. The van der Waals surface area contributed by atoms with Gasteiger partial charge in [-0.05, 0) is 50.3 Å². The molecule has 5 N–H and O–H groups in total. The van der Waals surface area contributed by atoms with E-state index in [1.807, 2.05) is 0 Å². The van der Waals surface area contributed by atoms with Gasteiger partial charge in [0.2, 0.25) is 0 Å². The molecule has 0 aliphatic carbocycles. The number of aliphatic hydroxyl groups excluding tert-OH is 1. The zero-order chi connectivity index (χ0) is 32.3. The summed E-state index contributed by atoms with van der Waals surface area (Å²) < 4.78 is 39.2. The van der Waals surface area contributed by atoms with Crippen molar-refractivity contribution in [3.8, 4) is 11.5 Å². The molecule has 3 rings (SSSR count). The summed E-state index contributed by atoms with van der Waals surface area (Å²) in [5.74, 6) is -1.73. The summed E-state index contributed by atoms with van der Waals surface area (Å²) in [6, 6.07) is 2.35. The van der Waals surface area contributed by atoms with Crippen LogP contribution in [0.15, 0.2) is 41.6 Å². The predicted molar refractivity (Wildman–Crippen MR) is 157 cm³/mol. The molecular weight excluding hydrogens is 622 g/mol. The monoisotopic (exact) mass is 660 g/mol. The summed E-state index contributed by atoms with van der Waals surface area (Å²) in [5, 5.41) is 14.4. The van der Waals surface area contributed by atoms with E-state index in [9.17, 15) is 43.4 Å². The highest BCUT2D eigenvalue weighted by Crippen LogP contribution is 2.39. The zero-order valence-electron chi connectivity index (χ0n) is 24.2. The molecule has 0 bridgehead atoms. The van der Waals surface area contributed by atoms with Crippen molar-refractivity contribution in [3.05, 3.63) is 47.6 Å². The van der Waals surface area contributed by atoms with Gasteiger partial charge in [-0.15, -0.1) is 0 Å². The number of nitrogens with zero attached hydrogens (tertiary/aromatic N) is 2. The van der Waals surface area contributed by atoms with E-state index in [4.69, 9.17) is 19.0 Å². The van der Waals surface area contributed by atoms with Crippen molar-refractivity contribution < 1.29 is 62.4 Å². The number of carbonyl (C=O) groups excluding carboxylic acids is 2. The van der Waals surface area contributed by atoms with Crippen molar-refractivity contribution in [1.29, 1.82) is 0 Å². The Kier molecular flexibility index (Phi) is 13.2. The molecule has 2 aliphatic rings. The first-order valence-corrected chi connectivity index (χ1v) is 17.5. The second kappa shape index (κ2) is 16.3. The van der Waals surface area contributed by atoms with Gasteiger partial charge in [0.1, 0.15) is 23.2 Å². The number of esters is 1. The van der Waals surface area contributed by atoms with Crippen LogP contribution in [0.4, 0.5) is 0 Å². The molecule has 0 unspecified atom stereocenters. The summed E-state index contributed by atoms with van der Waals surface area (Å²) in [4.78, 5) is 70.5. The lowest BCUT2D eigenvalue weighted by Crippen LogP contribution is -2.37. The van der Waals surface area contributed by atoms with Gasteiger partial charge in [0.05, 0.1) is 11.8 Å². The molecule has 1 aromatic rings. The van der Waals surface area contributed by atoms with E-state index in [1.165, 1.54) is 18.2 Å². The number of fused-ring (bicyclic) bond motifs is 1. The molecule has 244 valence electrons. The lowest BCUT2D eigenvalue weighted by Gasteiger charge is -2.26. The Morgan fingerprint density at radius 1 is 1.02 bits per heavy atom. The number of likely N-dealkylation sites (tertiary alicyclic amines) is 1. The van der Waals surface area contributed by atoms with Crippen LogP contribution in [0.1, 0.15) is 54.9 Å². The van der Waals surface area contributed by atoms with Gasteiger partial charge >= 0.3 is 21.2 Å². The van der Waals surface area contributed by atoms with E-state index in [2.05, 4.69) is 5.16 Å². The smallest absolute Gasteiger partial charge is 0.362 e. The standard InChI is InChI=1S/C27H38N2O13P2/c1-19-7-5-9-22(30)10-6-8-21(28-41-16-25(31)29-11-3-2-4-12-29)13-20-14-23(39-17-43(33,34)35)15-24(26(20)27(32)42-19)40-18-44(36,37)38/h5-6,8-9,14-15,19,22,30H,2-4,7,10-13,16-18H2,1H3,(H2,33,34,35)(H2,36,37,38)/b8-6+,9-5+,28-21-/t19-,22+/m1/s1.